The molecule has 3 heterocycles. The summed E-state index contributed by atoms with van der Waals surface area (Å²) < 4.78 is 18.3. The largest absolute Gasteiger partial charge is 0.376 e. The minimum Gasteiger partial charge on any atom is -0.376 e. The Morgan fingerprint density at radius 2 is 2.03 bits per heavy atom. The van der Waals surface area contributed by atoms with Crippen LogP contribution < -0.4 is 15.9 Å². The van der Waals surface area contributed by atoms with Crippen molar-refractivity contribution >= 4 is 41.6 Å². The van der Waals surface area contributed by atoms with Crippen LogP contribution in [0.5, 0.6) is 0 Å². The third-order valence-electron chi connectivity index (χ3n) is 6.55. The molecule has 0 bridgehead atoms. The Kier molecular flexibility index (Phi) is 6.46. The third-order valence-corrected chi connectivity index (χ3v) is 9.89. The number of anilines is 1. The highest BCUT2D eigenvalue weighted by molar-refractivity contribution is 7.99. The number of rotatable bonds is 4. The van der Waals surface area contributed by atoms with Crippen LogP contribution in [0.25, 0.3) is 0 Å². The normalized spacial score (nSPS) is 23.5. The van der Waals surface area contributed by atoms with Gasteiger partial charge in [-0.05, 0) is 52.2 Å². The number of piperidine rings is 1. The number of nitrogens with zero attached hydrogens (tertiary/aromatic N) is 3. The summed E-state index contributed by atoms with van der Waals surface area (Å²) in [6, 6.07) is 5.75. The van der Waals surface area contributed by atoms with E-state index >= 15 is 0 Å². The lowest BCUT2D eigenvalue weighted by Crippen LogP contribution is -2.50. The van der Waals surface area contributed by atoms with Crippen LogP contribution in [0.2, 0.25) is 5.02 Å². The van der Waals surface area contributed by atoms with Gasteiger partial charge in [-0.3, -0.25) is 0 Å². The quantitative estimate of drug-likeness (QED) is 0.657. The van der Waals surface area contributed by atoms with Crippen molar-refractivity contribution < 1.29 is 9.30 Å². The minimum atomic E-state index is -2.45. The summed E-state index contributed by atoms with van der Waals surface area (Å²) in [4.78, 5) is 12.6. The molecule has 2 aromatic rings. The fourth-order valence-corrected chi connectivity index (χ4v) is 7.28. The standard InChI is InChI=1S/C22H30ClN4O2PS/c1-14-21(31-17-7-5-6-16(19(17)23)30(3,4)28)25-12-18(26-14)27-10-8-22(9-11-27)13-29-15(2)20(22)24/h5-7,12,15,20H,8-11,13,24H2,1-4H3/t15-,20+/m0/s1. The van der Waals surface area contributed by atoms with Crippen molar-refractivity contribution in [3.8, 4) is 0 Å². The van der Waals surface area contributed by atoms with Crippen molar-refractivity contribution in [3.05, 3.63) is 35.1 Å². The molecule has 31 heavy (non-hydrogen) atoms. The molecular formula is C22H30ClN4O2PS. The predicted octanol–water partition coefficient (Wildman–Crippen LogP) is 4.17. The highest BCUT2D eigenvalue weighted by Gasteiger charge is 2.47. The summed E-state index contributed by atoms with van der Waals surface area (Å²) in [6.07, 6.45) is 3.98. The maximum Gasteiger partial charge on any atom is 0.147 e. The number of hydrogen-bond donors (Lipinski definition) is 1. The van der Waals surface area contributed by atoms with Crippen LogP contribution in [-0.2, 0) is 9.30 Å². The van der Waals surface area contributed by atoms with E-state index in [1.165, 1.54) is 11.8 Å². The zero-order valence-corrected chi connectivity index (χ0v) is 20.9. The van der Waals surface area contributed by atoms with Gasteiger partial charge in [0, 0.05) is 34.7 Å². The molecule has 0 radical (unpaired) electrons. The first-order valence-electron chi connectivity index (χ1n) is 10.6. The van der Waals surface area contributed by atoms with E-state index in [1.54, 1.807) is 13.3 Å². The number of ether oxygens (including phenoxy) is 1. The van der Waals surface area contributed by atoms with Gasteiger partial charge in [-0.15, -0.1) is 0 Å². The monoisotopic (exact) mass is 480 g/mol. The zero-order valence-electron chi connectivity index (χ0n) is 18.5. The van der Waals surface area contributed by atoms with E-state index in [1.807, 2.05) is 31.3 Å². The van der Waals surface area contributed by atoms with Gasteiger partial charge in [0.2, 0.25) is 0 Å². The Labute approximate surface area is 193 Å². The molecule has 2 saturated heterocycles. The zero-order chi connectivity index (χ0) is 22.4. The van der Waals surface area contributed by atoms with Gasteiger partial charge in [0.1, 0.15) is 18.0 Å². The molecule has 6 nitrogen and oxygen atoms in total. The second kappa shape index (κ2) is 8.68. The van der Waals surface area contributed by atoms with Gasteiger partial charge in [0.05, 0.1) is 29.6 Å². The SMILES string of the molecule is Cc1nc(N2CCC3(CC2)CO[C@@H](C)[C@H]3N)cnc1Sc1cccc(P(C)(C)=O)c1Cl. The van der Waals surface area contributed by atoms with Crippen LogP contribution >= 0.6 is 30.5 Å². The summed E-state index contributed by atoms with van der Waals surface area (Å²) in [5.41, 5.74) is 7.38. The Bertz CT molecular complexity index is 1020. The maximum absolute atomic E-state index is 12.5. The molecule has 4 rings (SSSR count). The van der Waals surface area contributed by atoms with Crippen LogP contribution in [0.15, 0.2) is 34.3 Å². The first-order valence-corrected chi connectivity index (χ1v) is 14.4. The Morgan fingerprint density at radius 3 is 2.61 bits per heavy atom. The van der Waals surface area contributed by atoms with E-state index in [4.69, 9.17) is 27.1 Å². The molecule has 1 spiro atoms. The number of nitrogens with two attached hydrogens (primary N) is 1. The Morgan fingerprint density at radius 1 is 1.32 bits per heavy atom. The van der Waals surface area contributed by atoms with E-state index in [2.05, 4.69) is 16.8 Å². The summed E-state index contributed by atoms with van der Waals surface area (Å²) in [5, 5.41) is 2.04. The second-order valence-electron chi connectivity index (χ2n) is 9.05. The lowest BCUT2D eigenvalue weighted by atomic mass is 9.73. The van der Waals surface area contributed by atoms with E-state index in [0.717, 1.165) is 54.0 Å². The predicted molar refractivity (Wildman–Crippen MR) is 129 cm³/mol. The fourth-order valence-electron chi connectivity index (χ4n) is 4.46. The molecule has 2 atom stereocenters. The van der Waals surface area contributed by atoms with E-state index in [0.29, 0.717) is 10.3 Å². The molecule has 2 aliphatic rings. The lowest BCUT2D eigenvalue weighted by Gasteiger charge is -2.41. The summed E-state index contributed by atoms with van der Waals surface area (Å²) in [6.45, 7) is 10.1. The summed E-state index contributed by atoms with van der Waals surface area (Å²) in [7, 11) is -2.45. The first kappa shape index (κ1) is 23.1. The molecule has 2 N–H and O–H groups in total. The van der Waals surface area contributed by atoms with Crippen molar-refractivity contribution in [2.24, 2.45) is 11.1 Å². The van der Waals surface area contributed by atoms with E-state index < -0.39 is 7.14 Å². The molecule has 2 fully saturated rings. The number of halogens is 1. The van der Waals surface area contributed by atoms with Crippen LogP contribution in [0.3, 0.4) is 0 Å². The highest BCUT2D eigenvalue weighted by atomic mass is 35.5. The minimum absolute atomic E-state index is 0.0912. The van der Waals surface area contributed by atoms with Crippen molar-refractivity contribution in [1.29, 1.82) is 0 Å². The molecule has 1 aromatic heterocycles. The first-order chi connectivity index (χ1) is 14.6. The van der Waals surface area contributed by atoms with Gasteiger partial charge in [0.15, 0.2) is 0 Å². The molecule has 0 amide bonds. The number of aryl methyl sites for hydroxylation is 1. The maximum atomic E-state index is 12.5. The van der Waals surface area contributed by atoms with Gasteiger partial charge in [-0.1, -0.05) is 29.4 Å². The average Bonchev–Trinajstić information content (AvgIpc) is 2.99. The van der Waals surface area contributed by atoms with Crippen molar-refractivity contribution in [2.75, 3.05) is 37.9 Å². The van der Waals surface area contributed by atoms with Gasteiger partial charge in [-0.25, -0.2) is 9.97 Å². The smallest absolute Gasteiger partial charge is 0.147 e. The van der Waals surface area contributed by atoms with Crippen LogP contribution in [0.1, 0.15) is 25.5 Å². The number of benzene rings is 1. The molecular weight excluding hydrogens is 451 g/mol. The average molecular weight is 481 g/mol. The molecule has 0 unspecified atom stereocenters. The van der Waals surface area contributed by atoms with Gasteiger partial charge in [-0.2, -0.15) is 0 Å². The van der Waals surface area contributed by atoms with Crippen LogP contribution in [0, 0.1) is 12.3 Å². The molecule has 0 aliphatic carbocycles. The summed E-state index contributed by atoms with van der Waals surface area (Å²) >= 11 is 8.02. The molecule has 0 saturated carbocycles. The topological polar surface area (TPSA) is 81.3 Å². The highest BCUT2D eigenvalue weighted by Crippen LogP contribution is 2.43. The molecule has 9 heteroatoms. The van der Waals surface area contributed by atoms with Crippen molar-refractivity contribution in [3.63, 3.8) is 0 Å². The molecule has 2 aliphatic heterocycles. The van der Waals surface area contributed by atoms with Gasteiger partial charge >= 0.3 is 0 Å². The van der Waals surface area contributed by atoms with Crippen molar-refractivity contribution in [1.82, 2.24) is 9.97 Å². The van der Waals surface area contributed by atoms with E-state index in [9.17, 15) is 4.57 Å². The van der Waals surface area contributed by atoms with Gasteiger partial charge < -0.3 is 19.9 Å². The lowest BCUT2D eigenvalue weighted by molar-refractivity contribution is 0.0974. The fraction of sp³-hybridized carbons (Fsp3) is 0.545. The Hall–Kier alpha value is -1.11. The summed E-state index contributed by atoms with van der Waals surface area (Å²) in [5.74, 6) is 0.892. The van der Waals surface area contributed by atoms with Crippen LogP contribution in [0.4, 0.5) is 5.82 Å². The van der Waals surface area contributed by atoms with Gasteiger partial charge in [0.25, 0.3) is 0 Å². The molecule has 1 aromatic carbocycles. The number of aromatic nitrogens is 2. The molecule has 168 valence electrons. The number of hydrogen-bond acceptors (Lipinski definition) is 7. The van der Waals surface area contributed by atoms with Crippen molar-refractivity contribution in [2.45, 2.75) is 48.8 Å². The Balaban J connectivity index is 1.48. The second-order valence-corrected chi connectivity index (χ2v) is 13.6. The third kappa shape index (κ3) is 4.53. The van der Waals surface area contributed by atoms with Crippen LogP contribution in [-0.4, -0.2) is 55.1 Å². The van der Waals surface area contributed by atoms with E-state index in [-0.39, 0.29) is 17.6 Å².